The zero-order valence-corrected chi connectivity index (χ0v) is 10.0. The number of piperazine rings is 1. The van der Waals surface area contributed by atoms with E-state index in [0.717, 1.165) is 19.1 Å². The van der Waals surface area contributed by atoms with Gasteiger partial charge in [0, 0.05) is 32.2 Å². The highest BCUT2D eigenvalue weighted by Gasteiger charge is 2.31. The fourth-order valence-electron chi connectivity index (χ4n) is 2.70. The number of rotatable bonds is 3. The van der Waals surface area contributed by atoms with Crippen LogP contribution in [0.3, 0.4) is 0 Å². The van der Waals surface area contributed by atoms with Gasteiger partial charge < -0.3 is 5.11 Å². The van der Waals surface area contributed by atoms with Crippen LogP contribution in [0.2, 0.25) is 0 Å². The summed E-state index contributed by atoms with van der Waals surface area (Å²) in [5, 5.41) is 9.86. The van der Waals surface area contributed by atoms with E-state index in [9.17, 15) is 5.11 Å². The lowest BCUT2D eigenvalue weighted by Gasteiger charge is -2.38. The SMILES string of the molecule is CC(C)C(O)CN1CCN2CCCC2C1. The number of hydrogen-bond donors (Lipinski definition) is 1. The van der Waals surface area contributed by atoms with E-state index in [4.69, 9.17) is 0 Å². The number of nitrogens with zero attached hydrogens (tertiary/aromatic N) is 2. The summed E-state index contributed by atoms with van der Waals surface area (Å²) in [6, 6.07) is 0.776. The molecule has 3 heteroatoms. The molecule has 2 rings (SSSR count). The predicted octanol–water partition coefficient (Wildman–Crippen LogP) is 0.783. The van der Waals surface area contributed by atoms with Crippen LogP contribution < -0.4 is 0 Å². The summed E-state index contributed by atoms with van der Waals surface area (Å²) < 4.78 is 0. The van der Waals surface area contributed by atoms with Gasteiger partial charge in [-0.1, -0.05) is 13.8 Å². The quantitative estimate of drug-likeness (QED) is 0.749. The molecule has 88 valence electrons. The van der Waals surface area contributed by atoms with Crippen LogP contribution in [-0.2, 0) is 0 Å². The second kappa shape index (κ2) is 4.81. The van der Waals surface area contributed by atoms with E-state index in [1.54, 1.807) is 0 Å². The number of aliphatic hydroxyl groups excluding tert-OH is 1. The summed E-state index contributed by atoms with van der Waals surface area (Å²) in [6.07, 6.45) is 2.57. The molecule has 0 aromatic rings. The van der Waals surface area contributed by atoms with E-state index < -0.39 is 0 Å². The smallest absolute Gasteiger partial charge is 0.0689 e. The van der Waals surface area contributed by atoms with E-state index in [0.29, 0.717) is 5.92 Å². The summed E-state index contributed by atoms with van der Waals surface area (Å²) >= 11 is 0. The lowest BCUT2D eigenvalue weighted by Crippen LogP contribution is -2.52. The van der Waals surface area contributed by atoms with Gasteiger partial charge in [0.05, 0.1) is 6.10 Å². The summed E-state index contributed by atoms with van der Waals surface area (Å²) in [6.45, 7) is 9.86. The van der Waals surface area contributed by atoms with Crippen LogP contribution in [0.5, 0.6) is 0 Å². The fraction of sp³-hybridized carbons (Fsp3) is 1.00. The summed E-state index contributed by atoms with van der Waals surface area (Å²) in [5.74, 6) is 0.381. The lowest BCUT2D eigenvalue weighted by atomic mass is 10.1. The lowest BCUT2D eigenvalue weighted by molar-refractivity contribution is 0.0380. The molecule has 2 saturated heterocycles. The van der Waals surface area contributed by atoms with Crippen molar-refractivity contribution in [3.8, 4) is 0 Å². The van der Waals surface area contributed by atoms with E-state index >= 15 is 0 Å². The third-order valence-electron chi connectivity index (χ3n) is 3.89. The second-order valence-electron chi connectivity index (χ2n) is 5.40. The number of hydrogen-bond acceptors (Lipinski definition) is 3. The van der Waals surface area contributed by atoms with Crippen LogP contribution in [0.15, 0.2) is 0 Å². The highest BCUT2D eigenvalue weighted by atomic mass is 16.3. The zero-order chi connectivity index (χ0) is 10.8. The van der Waals surface area contributed by atoms with Crippen molar-refractivity contribution >= 4 is 0 Å². The van der Waals surface area contributed by atoms with E-state index in [2.05, 4.69) is 23.6 Å². The molecule has 0 aromatic heterocycles. The molecular weight excluding hydrogens is 188 g/mol. The molecule has 2 fully saturated rings. The average Bonchev–Trinajstić information content (AvgIpc) is 2.64. The van der Waals surface area contributed by atoms with Gasteiger partial charge >= 0.3 is 0 Å². The summed E-state index contributed by atoms with van der Waals surface area (Å²) in [5.41, 5.74) is 0. The van der Waals surface area contributed by atoms with E-state index in [1.165, 1.54) is 32.5 Å². The first-order chi connectivity index (χ1) is 7.16. The Labute approximate surface area is 93.1 Å². The van der Waals surface area contributed by atoms with Crippen LogP contribution in [-0.4, -0.2) is 59.8 Å². The normalized spacial score (nSPS) is 30.8. The Kier molecular flexibility index (Phi) is 3.65. The zero-order valence-electron chi connectivity index (χ0n) is 10.0. The third kappa shape index (κ3) is 2.71. The molecular formula is C12H24N2O. The molecule has 0 radical (unpaired) electrons. The van der Waals surface area contributed by atoms with E-state index in [-0.39, 0.29) is 6.10 Å². The molecule has 1 N–H and O–H groups in total. The van der Waals surface area contributed by atoms with Crippen molar-refractivity contribution in [1.29, 1.82) is 0 Å². The van der Waals surface area contributed by atoms with Gasteiger partial charge in [-0.05, 0) is 25.3 Å². The van der Waals surface area contributed by atoms with Crippen LogP contribution >= 0.6 is 0 Å². The van der Waals surface area contributed by atoms with Gasteiger partial charge in [0.15, 0.2) is 0 Å². The Balaban J connectivity index is 1.80. The van der Waals surface area contributed by atoms with Crippen molar-refractivity contribution in [2.24, 2.45) is 5.92 Å². The van der Waals surface area contributed by atoms with Crippen LogP contribution in [0, 0.1) is 5.92 Å². The van der Waals surface area contributed by atoms with Crippen molar-refractivity contribution in [3.63, 3.8) is 0 Å². The monoisotopic (exact) mass is 212 g/mol. The minimum absolute atomic E-state index is 0.155. The molecule has 3 nitrogen and oxygen atoms in total. The first-order valence-electron chi connectivity index (χ1n) is 6.31. The fourth-order valence-corrected chi connectivity index (χ4v) is 2.70. The minimum atomic E-state index is -0.155. The summed E-state index contributed by atoms with van der Waals surface area (Å²) in [4.78, 5) is 5.05. The number of fused-ring (bicyclic) bond motifs is 1. The van der Waals surface area contributed by atoms with Crippen molar-refractivity contribution in [1.82, 2.24) is 9.80 Å². The molecule has 0 amide bonds. The maximum atomic E-state index is 9.86. The molecule has 0 saturated carbocycles. The molecule has 15 heavy (non-hydrogen) atoms. The molecule has 0 aliphatic carbocycles. The molecule has 2 atom stereocenters. The van der Waals surface area contributed by atoms with Gasteiger partial charge in [-0.2, -0.15) is 0 Å². The average molecular weight is 212 g/mol. The number of β-amino-alcohol motifs (C(OH)–C–C–N with tert-alkyl or cyclic N) is 1. The predicted molar refractivity (Wildman–Crippen MR) is 61.9 cm³/mol. The molecule has 2 unspecified atom stereocenters. The Morgan fingerprint density at radius 3 is 2.80 bits per heavy atom. The third-order valence-corrected chi connectivity index (χ3v) is 3.89. The van der Waals surface area contributed by atoms with Crippen molar-refractivity contribution in [2.75, 3.05) is 32.7 Å². The van der Waals surface area contributed by atoms with Crippen LogP contribution in [0.25, 0.3) is 0 Å². The van der Waals surface area contributed by atoms with Crippen LogP contribution in [0.4, 0.5) is 0 Å². The maximum absolute atomic E-state index is 9.86. The van der Waals surface area contributed by atoms with Gasteiger partial charge in [-0.3, -0.25) is 9.80 Å². The Hall–Kier alpha value is -0.120. The topological polar surface area (TPSA) is 26.7 Å². The molecule has 0 aromatic carbocycles. The minimum Gasteiger partial charge on any atom is -0.392 e. The standard InChI is InChI=1S/C12H24N2O/c1-10(2)12(15)9-13-6-7-14-5-3-4-11(14)8-13/h10-12,15H,3-9H2,1-2H3. The van der Waals surface area contributed by atoms with Crippen molar-refractivity contribution in [2.45, 2.75) is 38.8 Å². The highest BCUT2D eigenvalue weighted by molar-refractivity contribution is 4.87. The molecule has 2 aliphatic rings. The highest BCUT2D eigenvalue weighted by Crippen LogP contribution is 2.21. The van der Waals surface area contributed by atoms with Crippen molar-refractivity contribution in [3.05, 3.63) is 0 Å². The Morgan fingerprint density at radius 2 is 2.07 bits per heavy atom. The second-order valence-corrected chi connectivity index (χ2v) is 5.40. The first-order valence-corrected chi connectivity index (χ1v) is 6.31. The molecule has 2 aliphatic heterocycles. The van der Waals surface area contributed by atoms with Crippen LogP contribution in [0.1, 0.15) is 26.7 Å². The molecule has 0 spiro atoms. The summed E-state index contributed by atoms with van der Waals surface area (Å²) in [7, 11) is 0. The Morgan fingerprint density at radius 1 is 1.27 bits per heavy atom. The number of aliphatic hydroxyl groups is 1. The maximum Gasteiger partial charge on any atom is 0.0689 e. The largest absolute Gasteiger partial charge is 0.392 e. The van der Waals surface area contributed by atoms with Gasteiger partial charge in [0.25, 0.3) is 0 Å². The van der Waals surface area contributed by atoms with E-state index in [1.807, 2.05) is 0 Å². The molecule has 2 heterocycles. The Bertz CT molecular complexity index is 206. The first kappa shape index (κ1) is 11.4. The van der Waals surface area contributed by atoms with Gasteiger partial charge in [0.2, 0.25) is 0 Å². The van der Waals surface area contributed by atoms with Gasteiger partial charge in [0.1, 0.15) is 0 Å². The molecule has 0 bridgehead atoms. The van der Waals surface area contributed by atoms with Gasteiger partial charge in [-0.25, -0.2) is 0 Å². The van der Waals surface area contributed by atoms with Crippen molar-refractivity contribution < 1.29 is 5.11 Å². The van der Waals surface area contributed by atoms with Gasteiger partial charge in [-0.15, -0.1) is 0 Å².